The van der Waals surface area contributed by atoms with Crippen molar-refractivity contribution in [3.63, 3.8) is 0 Å². The van der Waals surface area contributed by atoms with Crippen molar-refractivity contribution in [2.45, 2.75) is 19.9 Å². The molecule has 6 nitrogen and oxygen atoms in total. The third kappa shape index (κ3) is 3.43. The lowest BCUT2D eigenvalue weighted by molar-refractivity contribution is -0.129. The minimum Gasteiger partial charge on any atom is -0.508 e. The van der Waals surface area contributed by atoms with Crippen LogP contribution in [0.2, 0.25) is 0 Å². The number of ketones is 1. The fourth-order valence-corrected chi connectivity index (χ4v) is 2.76. The van der Waals surface area contributed by atoms with Crippen LogP contribution in [0.4, 0.5) is 0 Å². The molecule has 1 heterocycles. The summed E-state index contributed by atoms with van der Waals surface area (Å²) < 4.78 is 0. The molecule has 130 valence electrons. The first-order valence-corrected chi connectivity index (χ1v) is 7.96. The van der Waals surface area contributed by atoms with E-state index in [4.69, 9.17) is 0 Å². The number of carbonyl (C=O) groups excluding carboxylic acids is 2. The van der Waals surface area contributed by atoms with Gasteiger partial charge in [0.15, 0.2) is 11.5 Å². The molecule has 0 spiro atoms. The highest BCUT2D eigenvalue weighted by molar-refractivity contribution is 6.09. The summed E-state index contributed by atoms with van der Waals surface area (Å²) in [7, 11) is 3.78. The third-order valence-electron chi connectivity index (χ3n) is 4.09. The molecule has 2 rings (SSSR count). The topological polar surface area (TPSA) is 81.1 Å². The number of aliphatic hydroxyl groups is 1. The molecule has 0 aromatic heterocycles. The molecule has 1 aromatic carbocycles. The van der Waals surface area contributed by atoms with E-state index in [0.717, 1.165) is 0 Å². The summed E-state index contributed by atoms with van der Waals surface area (Å²) in [5.41, 5.74) is 0.826. The number of amides is 1. The number of phenolic OH excluding ortho intramolecular Hbond substituents is 1. The van der Waals surface area contributed by atoms with Crippen molar-refractivity contribution in [1.82, 2.24) is 9.80 Å². The summed E-state index contributed by atoms with van der Waals surface area (Å²) in [6.45, 7) is 4.47. The lowest BCUT2D eigenvalue weighted by Gasteiger charge is -2.28. The molecule has 0 radical (unpaired) electrons. The molecule has 1 aliphatic rings. The Morgan fingerprint density at radius 3 is 2.29 bits per heavy atom. The van der Waals surface area contributed by atoms with Crippen molar-refractivity contribution in [2.24, 2.45) is 5.92 Å². The molecule has 1 unspecified atom stereocenters. The smallest absolute Gasteiger partial charge is 0.290 e. The maximum absolute atomic E-state index is 12.6. The maximum Gasteiger partial charge on any atom is 0.290 e. The van der Waals surface area contributed by atoms with Crippen LogP contribution < -0.4 is 0 Å². The summed E-state index contributed by atoms with van der Waals surface area (Å²) in [6.07, 6.45) is 0. The summed E-state index contributed by atoms with van der Waals surface area (Å²) in [6, 6.07) is 5.73. The number of hydrogen-bond donors (Lipinski definition) is 2. The normalized spacial score (nSPS) is 18.2. The van der Waals surface area contributed by atoms with Crippen LogP contribution in [-0.4, -0.2) is 58.9 Å². The van der Waals surface area contributed by atoms with E-state index in [2.05, 4.69) is 0 Å². The van der Waals surface area contributed by atoms with E-state index in [1.807, 2.05) is 19.0 Å². The summed E-state index contributed by atoms with van der Waals surface area (Å²) >= 11 is 0. The van der Waals surface area contributed by atoms with Gasteiger partial charge in [0.25, 0.3) is 5.91 Å². The van der Waals surface area contributed by atoms with Gasteiger partial charge >= 0.3 is 0 Å². The largest absolute Gasteiger partial charge is 0.508 e. The number of likely N-dealkylation sites (N-methyl/N-ethyl adjacent to an activating group) is 1. The van der Waals surface area contributed by atoms with E-state index in [0.29, 0.717) is 18.7 Å². The van der Waals surface area contributed by atoms with Crippen molar-refractivity contribution >= 4 is 11.7 Å². The molecule has 0 bridgehead atoms. The number of carbonyl (C=O) groups is 2. The van der Waals surface area contributed by atoms with Gasteiger partial charge in [-0.2, -0.15) is 0 Å². The second-order valence-corrected chi connectivity index (χ2v) is 6.58. The second kappa shape index (κ2) is 7.05. The van der Waals surface area contributed by atoms with Crippen LogP contribution in [0.1, 0.15) is 25.5 Å². The minimum absolute atomic E-state index is 0.104. The molecule has 0 saturated heterocycles. The highest BCUT2D eigenvalue weighted by Gasteiger charge is 2.43. The first kappa shape index (κ1) is 18.0. The number of phenols is 1. The Bertz CT molecular complexity index is 662. The molecule has 2 N–H and O–H groups in total. The Hall–Kier alpha value is -2.34. The molecule has 6 heteroatoms. The van der Waals surface area contributed by atoms with Gasteiger partial charge < -0.3 is 20.0 Å². The molecule has 24 heavy (non-hydrogen) atoms. The van der Waals surface area contributed by atoms with Crippen LogP contribution in [0.5, 0.6) is 5.75 Å². The van der Waals surface area contributed by atoms with Crippen molar-refractivity contribution < 1.29 is 19.8 Å². The molecule has 1 aromatic rings. The first-order valence-electron chi connectivity index (χ1n) is 7.96. The highest BCUT2D eigenvalue weighted by atomic mass is 16.3. The fourth-order valence-electron chi connectivity index (χ4n) is 2.76. The Labute approximate surface area is 142 Å². The first-order chi connectivity index (χ1) is 11.2. The van der Waals surface area contributed by atoms with Gasteiger partial charge in [-0.1, -0.05) is 26.0 Å². The van der Waals surface area contributed by atoms with Gasteiger partial charge in [0, 0.05) is 19.0 Å². The number of aromatic hydroxyl groups is 1. The van der Waals surface area contributed by atoms with Gasteiger partial charge in [-0.25, -0.2) is 0 Å². The summed E-state index contributed by atoms with van der Waals surface area (Å²) in [4.78, 5) is 28.5. The van der Waals surface area contributed by atoms with E-state index in [1.54, 1.807) is 26.0 Å². The van der Waals surface area contributed by atoms with E-state index in [-0.39, 0.29) is 23.0 Å². The molecule has 1 aliphatic heterocycles. The van der Waals surface area contributed by atoms with Crippen LogP contribution in [0.15, 0.2) is 35.6 Å². The average molecular weight is 332 g/mol. The minimum atomic E-state index is -0.632. The van der Waals surface area contributed by atoms with Crippen LogP contribution in [0.3, 0.4) is 0 Å². The van der Waals surface area contributed by atoms with Crippen molar-refractivity contribution in [3.8, 4) is 5.75 Å². The SMILES string of the molecule is CC(C)C(=O)C1=C(O)C(=O)N(CCN(C)C)C1c1ccc(O)cc1. The van der Waals surface area contributed by atoms with Crippen molar-refractivity contribution in [2.75, 3.05) is 27.2 Å². The summed E-state index contributed by atoms with van der Waals surface area (Å²) in [5, 5.41) is 19.8. The van der Waals surface area contributed by atoms with Gasteiger partial charge in [-0.15, -0.1) is 0 Å². The van der Waals surface area contributed by atoms with E-state index < -0.39 is 17.7 Å². The zero-order chi connectivity index (χ0) is 18.0. The average Bonchev–Trinajstić information content (AvgIpc) is 2.77. The van der Waals surface area contributed by atoms with Gasteiger partial charge in [0.2, 0.25) is 0 Å². The van der Waals surface area contributed by atoms with Crippen LogP contribution >= 0.6 is 0 Å². The Kier molecular flexibility index (Phi) is 5.29. The van der Waals surface area contributed by atoms with Crippen molar-refractivity contribution in [1.29, 1.82) is 0 Å². The number of benzene rings is 1. The fraction of sp³-hybridized carbons (Fsp3) is 0.444. The van der Waals surface area contributed by atoms with Gasteiger partial charge in [0.1, 0.15) is 5.75 Å². The number of hydrogen-bond acceptors (Lipinski definition) is 5. The zero-order valence-corrected chi connectivity index (χ0v) is 14.5. The third-order valence-corrected chi connectivity index (χ3v) is 4.09. The molecular weight excluding hydrogens is 308 g/mol. The number of rotatable bonds is 6. The molecule has 0 saturated carbocycles. The quantitative estimate of drug-likeness (QED) is 0.831. The predicted molar refractivity (Wildman–Crippen MR) is 90.6 cm³/mol. The van der Waals surface area contributed by atoms with E-state index in [9.17, 15) is 19.8 Å². The lowest BCUT2D eigenvalue weighted by atomic mass is 9.91. The molecule has 0 fully saturated rings. The van der Waals surface area contributed by atoms with E-state index in [1.165, 1.54) is 17.0 Å². The summed E-state index contributed by atoms with van der Waals surface area (Å²) in [5.74, 6) is -1.47. The monoisotopic (exact) mass is 332 g/mol. The zero-order valence-electron chi connectivity index (χ0n) is 14.5. The molecule has 1 amide bonds. The molecular formula is C18H24N2O4. The van der Waals surface area contributed by atoms with Crippen LogP contribution in [-0.2, 0) is 9.59 Å². The van der Waals surface area contributed by atoms with Gasteiger partial charge in [-0.3, -0.25) is 9.59 Å². The van der Waals surface area contributed by atoms with Gasteiger partial charge in [0.05, 0.1) is 11.6 Å². The Morgan fingerprint density at radius 1 is 1.21 bits per heavy atom. The van der Waals surface area contributed by atoms with Gasteiger partial charge in [-0.05, 0) is 31.8 Å². The number of aliphatic hydroxyl groups excluding tert-OH is 1. The molecule has 0 aliphatic carbocycles. The van der Waals surface area contributed by atoms with E-state index >= 15 is 0 Å². The Balaban J connectivity index is 2.48. The number of nitrogens with zero attached hydrogens (tertiary/aromatic N) is 2. The highest BCUT2D eigenvalue weighted by Crippen LogP contribution is 2.39. The predicted octanol–water partition coefficient (Wildman–Crippen LogP) is 1.87. The maximum atomic E-state index is 12.6. The lowest BCUT2D eigenvalue weighted by Crippen LogP contribution is -2.36. The molecule has 1 atom stereocenters. The van der Waals surface area contributed by atoms with Crippen molar-refractivity contribution in [3.05, 3.63) is 41.2 Å². The number of Topliss-reactive ketones (excluding diaryl/α,β-unsaturated/α-hetero) is 1. The van der Waals surface area contributed by atoms with Crippen LogP contribution in [0, 0.1) is 5.92 Å². The standard InChI is InChI=1S/C18H24N2O4/c1-11(2)16(22)14-15(12-5-7-13(21)8-6-12)20(10-9-19(3)4)18(24)17(14)23/h5-8,11,15,21,23H,9-10H2,1-4H3. The Morgan fingerprint density at radius 2 is 1.79 bits per heavy atom. The second-order valence-electron chi connectivity index (χ2n) is 6.58. The van der Waals surface area contributed by atoms with Crippen LogP contribution in [0.25, 0.3) is 0 Å².